The van der Waals surface area contributed by atoms with E-state index in [4.69, 9.17) is 14.3 Å². The predicted octanol–water partition coefficient (Wildman–Crippen LogP) is 0.137. The molecule has 0 aliphatic carbocycles. The SMILES string of the molecule is CC(=O)[O-].CC(=O)[n+]1coc2ccccc21. The number of aliphatic carboxylic acids is 1. The van der Waals surface area contributed by atoms with Gasteiger partial charge in [0, 0.05) is 12.0 Å². The van der Waals surface area contributed by atoms with Crippen LogP contribution in [0, 0.1) is 0 Å². The summed E-state index contributed by atoms with van der Waals surface area (Å²) in [6.07, 6.45) is 1.42. The Labute approximate surface area is 91.9 Å². The number of carbonyl (C=O) groups is 2. The van der Waals surface area contributed by atoms with E-state index < -0.39 is 5.97 Å². The molecule has 0 aliphatic heterocycles. The van der Waals surface area contributed by atoms with Crippen molar-refractivity contribution in [3.63, 3.8) is 0 Å². The molecule has 0 saturated carbocycles. The fourth-order valence-electron chi connectivity index (χ4n) is 1.17. The number of carboxylic acid groups (broad SMARTS) is 1. The highest BCUT2D eigenvalue weighted by atomic mass is 16.4. The van der Waals surface area contributed by atoms with Crippen LogP contribution in [0.4, 0.5) is 0 Å². The van der Waals surface area contributed by atoms with Crippen molar-refractivity contribution < 1.29 is 23.7 Å². The molecule has 1 aromatic carbocycles. The standard InChI is InChI=1S/C9H8NO2.C2H4O2/c1-7(11)10-6-12-9-5-3-2-4-8(9)10;1-2(3)4/h2-6H,1H3;1H3,(H,3,4)/q+1;/p-1. The van der Waals surface area contributed by atoms with Crippen molar-refractivity contribution in [3.05, 3.63) is 30.7 Å². The van der Waals surface area contributed by atoms with Crippen LogP contribution < -0.4 is 9.67 Å². The van der Waals surface area contributed by atoms with E-state index >= 15 is 0 Å². The molecule has 0 unspecified atom stereocenters. The minimum Gasteiger partial charge on any atom is -0.550 e. The maximum Gasteiger partial charge on any atom is 0.392 e. The van der Waals surface area contributed by atoms with Crippen LogP contribution in [0.1, 0.15) is 18.6 Å². The molecule has 2 aromatic rings. The van der Waals surface area contributed by atoms with Gasteiger partial charge in [0.05, 0.1) is 6.92 Å². The third-order valence-corrected chi connectivity index (χ3v) is 1.75. The highest BCUT2D eigenvalue weighted by Gasteiger charge is 2.16. The highest BCUT2D eigenvalue weighted by molar-refractivity contribution is 5.74. The van der Waals surface area contributed by atoms with Crippen LogP contribution in [0.5, 0.6) is 0 Å². The average molecular weight is 221 g/mol. The molecule has 0 atom stereocenters. The monoisotopic (exact) mass is 221 g/mol. The number of aromatic nitrogens is 1. The normalized spacial score (nSPS) is 9.38. The van der Waals surface area contributed by atoms with Gasteiger partial charge in [0.25, 0.3) is 5.52 Å². The second-order valence-corrected chi connectivity index (χ2v) is 3.07. The Morgan fingerprint density at radius 3 is 2.38 bits per heavy atom. The molecular formula is C11H11NO4. The average Bonchev–Trinajstić information content (AvgIpc) is 2.59. The largest absolute Gasteiger partial charge is 0.550 e. The summed E-state index contributed by atoms with van der Waals surface area (Å²) in [4.78, 5) is 19.9. The van der Waals surface area contributed by atoms with Crippen LogP contribution in [0.25, 0.3) is 11.1 Å². The van der Waals surface area contributed by atoms with Gasteiger partial charge in [0.15, 0.2) is 0 Å². The second-order valence-electron chi connectivity index (χ2n) is 3.07. The number of para-hydroxylation sites is 2. The van der Waals surface area contributed by atoms with Crippen molar-refractivity contribution in [1.82, 2.24) is 0 Å². The van der Waals surface area contributed by atoms with Crippen LogP contribution in [0.2, 0.25) is 0 Å². The predicted molar refractivity (Wildman–Crippen MR) is 53.4 cm³/mol. The van der Waals surface area contributed by atoms with Gasteiger partial charge < -0.3 is 14.3 Å². The van der Waals surface area contributed by atoms with Gasteiger partial charge in [-0.2, -0.15) is 0 Å². The molecule has 0 aliphatic rings. The van der Waals surface area contributed by atoms with Gasteiger partial charge >= 0.3 is 12.3 Å². The van der Waals surface area contributed by atoms with Gasteiger partial charge in [-0.1, -0.05) is 16.7 Å². The van der Waals surface area contributed by atoms with Gasteiger partial charge in [-0.05, 0) is 13.0 Å². The molecular weight excluding hydrogens is 210 g/mol. The number of rotatable bonds is 0. The van der Waals surface area contributed by atoms with Crippen molar-refractivity contribution in [2.45, 2.75) is 13.8 Å². The van der Waals surface area contributed by atoms with Crippen molar-refractivity contribution >= 4 is 23.0 Å². The molecule has 0 spiro atoms. The van der Waals surface area contributed by atoms with Gasteiger partial charge in [-0.15, -0.1) is 0 Å². The number of carboxylic acids is 1. The molecule has 2 rings (SSSR count). The summed E-state index contributed by atoms with van der Waals surface area (Å²) in [5.41, 5.74) is 1.54. The van der Waals surface area contributed by atoms with Crippen LogP contribution in [-0.4, -0.2) is 11.9 Å². The van der Waals surface area contributed by atoms with Gasteiger partial charge in [-0.3, -0.25) is 0 Å². The van der Waals surface area contributed by atoms with E-state index in [2.05, 4.69) is 0 Å². The summed E-state index contributed by atoms with van der Waals surface area (Å²) in [6, 6.07) is 7.42. The smallest absolute Gasteiger partial charge is 0.392 e. The lowest BCUT2D eigenvalue weighted by Gasteiger charge is -1.81. The first kappa shape index (κ1) is 11.9. The number of benzene rings is 1. The van der Waals surface area contributed by atoms with E-state index in [1.165, 1.54) is 17.9 Å². The molecule has 0 N–H and O–H groups in total. The van der Waals surface area contributed by atoms with E-state index in [9.17, 15) is 4.79 Å². The molecule has 0 fully saturated rings. The Balaban J connectivity index is 0.000000280. The van der Waals surface area contributed by atoms with E-state index in [-0.39, 0.29) is 5.91 Å². The lowest BCUT2D eigenvalue weighted by Crippen LogP contribution is -2.38. The zero-order valence-electron chi connectivity index (χ0n) is 8.97. The van der Waals surface area contributed by atoms with Crippen LogP contribution in [-0.2, 0) is 4.79 Å². The Bertz CT molecular complexity index is 511. The minimum absolute atomic E-state index is 0.0417. The van der Waals surface area contributed by atoms with Gasteiger partial charge in [0.1, 0.15) is 0 Å². The number of oxazole rings is 1. The van der Waals surface area contributed by atoms with E-state index in [1.54, 1.807) is 0 Å². The molecule has 0 amide bonds. The fourth-order valence-corrected chi connectivity index (χ4v) is 1.17. The van der Waals surface area contributed by atoms with Gasteiger partial charge in [-0.25, -0.2) is 4.79 Å². The van der Waals surface area contributed by atoms with Crippen molar-refractivity contribution in [1.29, 1.82) is 0 Å². The summed E-state index contributed by atoms with van der Waals surface area (Å²) < 4.78 is 6.63. The lowest BCUT2D eigenvalue weighted by molar-refractivity contribution is -0.550. The van der Waals surface area contributed by atoms with Gasteiger partial charge in [0.2, 0.25) is 5.58 Å². The molecule has 16 heavy (non-hydrogen) atoms. The lowest BCUT2D eigenvalue weighted by atomic mass is 10.3. The number of fused-ring (bicyclic) bond motifs is 1. The van der Waals surface area contributed by atoms with E-state index in [1.807, 2.05) is 24.3 Å². The van der Waals surface area contributed by atoms with Crippen LogP contribution in [0.3, 0.4) is 0 Å². The fraction of sp³-hybridized carbons (Fsp3) is 0.182. The third kappa shape index (κ3) is 2.91. The molecule has 1 aromatic heterocycles. The first-order valence-corrected chi connectivity index (χ1v) is 4.58. The van der Waals surface area contributed by atoms with Crippen LogP contribution >= 0.6 is 0 Å². The number of hydrogen-bond acceptors (Lipinski definition) is 4. The molecule has 1 heterocycles. The Morgan fingerprint density at radius 2 is 1.81 bits per heavy atom. The minimum atomic E-state index is -1.08. The number of hydrogen-bond donors (Lipinski definition) is 0. The van der Waals surface area contributed by atoms with Crippen molar-refractivity contribution in [2.24, 2.45) is 0 Å². The highest BCUT2D eigenvalue weighted by Crippen LogP contribution is 2.08. The van der Waals surface area contributed by atoms with E-state index in [0.29, 0.717) is 0 Å². The van der Waals surface area contributed by atoms with Crippen LogP contribution in [0.15, 0.2) is 35.1 Å². The zero-order chi connectivity index (χ0) is 12.1. The summed E-state index contributed by atoms with van der Waals surface area (Å²) in [5, 5.41) is 8.89. The molecule has 84 valence electrons. The Hall–Kier alpha value is -2.17. The molecule has 0 bridgehead atoms. The third-order valence-electron chi connectivity index (χ3n) is 1.75. The zero-order valence-corrected chi connectivity index (χ0v) is 8.97. The van der Waals surface area contributed by atoms with E-state index in [0.717, 1.165) is 18.0 Å². The molecule has 5 nitrogen and oxygen atoms in total. The second kappa shape index (κ2) is 5.06. The number of carbonyl (C=O) groups excluding carboxylic acids is 2. The summed E-state index contributed by atoms with van der Waals surface area (Å²) in [5.74, 6) is -1.13. The first-order chi connectivity index (χ1) is 7.52. The Morgan fingerprint density at radius 1 is 1.25 bits per heavy atom. The number of nitrogens with zero attached hydrogens (tertiary/aromatic N) is 1. The topological polar surface area (TPSA) is 74.2 Å². The summed E-state index contributed by atoms with van der Waals surface area (Å²) in [7, 11) is 0. The maximum atomic E-state index is 11.0. The summed E-state index contributed by atoms with van der Waals surface area (Å²) in [6.45, 7) is 2.47. The molecule has 5 heteroatoms. The molecule has 0 radical (unpaired) electrons. The molecule has 0 saturated heterocycles. The summed E-state index contributed by atoms with van der Waals surface area (Å²) >= 11 is 0. The van der Waals surface area contributed by atoms with Crippen molar-refractivity contribution in [2.75, 3.05) is 0 Å². The quantitative estimate of drug-likeness (QED) is 0.593. The maximum absolute atomic E-state index is 11.0. The Kier molecular flexibility index (Phi) is 3.77. The first-order valence-electron chi connectivity index (χ1n) is 4.58. The van der Waals surface area contributed by atoms with Crippen molar-refractivity contribution in [3.8, 4) is 0 Å².